The third-order valence-electron chi connectivity index (χ3n) is 2.45. The van der Waals surface area contributed by atoms with Crippen LogP contribution < -0.4 is 5.32 Å². The summed E-state index contributed by atoms with van der Waals surface area (Å²) in [4.78, 5) is 1.22. The first-order chi connectivity index (χ1) is 8.19. The summed E-state index contributed by atoms with van der Waals surface area (Å²) in [6.07, 6.45) is 0. The monoisotopic (exact) mass is 246 g/mol. The summed E-state index contributed by atoms with van der Waals surface area (Å²) < 4.78 is 13.2. The molecule has 1 aromatic carbocycles. The van der Waals surface area contributed by atoms with Crippen molar-refractivity contribution in [2.45, 2.75) is 13.5 Å². The molecule has 0 amide bonds. The topological polar surface area (TPSA) is 35.8 Å². The highest BCUT2D eigenvalue weighted by Gasteiger charge is 2.02. The Hall–Kier alpha value is -1.86. The van der Waals surface area contributed by atoms with Crippen LogP contribution in [0.5, 0.6) is 0 Å². The number of hydrogen-bond acceptors (Lipinski definition) is 3. The Balaban J connectivity index is 2.12. The van der Waals surface area contributed by atoms with Crippen LogP contribution in [0.25, 0.3) is 0 Å². The van der Waals surface area contributed by atoms with Gasteiger partial charge in [-0.1, -0.05) is 0 Å². The van der Waals surface area contributed by atoms with E-state index in [1.807, 2.05) is 24.4 Å². The van der Waals surface area contributed by atoms with Crippen molar-refractivity contribution in [3.63, 3.8) is 0 Å². The Bertz CT molecular complexity index is 569. The number of rotatable bonds is 3. The molecule has 86 valence electrons. The first-order valence-electron chi connectivity index (χ1n) is 5.16. The van der Waals surface area contributed by atoms with Crippen molar-refractivity contribution in [3.05, 3.63) is 51.5 Å². The van der Waals surface area contributed by atoms with Gasteiger partial charge in [0.15, 0.2) is 0 Å². The number of hydrogen-bond donors (Lipinski definition) is 1. The molecule has 2 rings (SSSR count). The first kappa shape index (κ1) is 11.6. The zero-order chi connectivity index (χ0) is 12.3. The number of nitrogens with zero attached hydrogens (tertiary/aromatic N) is 1. The minimum atomic E-state index is -0.394. The standard InChI is InChI=1S/C13H11FN2S/c1-9-2-3-17-13(9)8-16-12-5-10(7-15)4-11(14)6-12/h2-6,16H,8H2,1H3. The predicted octanol–water partition coefficient (Wildman–Crippen LogP) is 3.68. The normalized spacial score (nSPS) is 9.94. The van der Waals surface area contributed by atoms with E-state index in [1.165, 1.54) is 22.6 Å². The SMILES string of the molecule is Cc1ccsc1CNc1cc(F)cc(C#N)c1. The van der Waals surface area contributed by atoms with Crippen LogP contribution in [0.2, 0.25) is 0 Å². The first-order valence-corrected chi connectivity index (χ1v) is 6.04. The summed E-state index contributed by atoms with van der Waals surface area (Å²) in [7, 11) is 0. The van der Waals surface area contributed by atoms with Gasteiger partial charge in [-0.05, 0) is 42.1 Å². The van der Waals surface area contributed by atoms with Crippen LogP contribution in [-0.2, 0) is 6.54 Å². The lowest BCUT2D eigenvalue weighted by molar-refractivity contribution is 0.627. The van der Waals surface area contributed by atoms with E-state index in [2.05, 4.69) is 5.32 Å². The van der Waals surface area contributed by atoms with Gasteiger partial charge in [0.1, 0.15) is 5.82 Å². The lowest BCUT2D eigenvalue weighted by Gasteiger charge is -2.06. The molecule has 0 aliphatic heterocycles. The van der Waals surface area contributed by atoms with Crippen molar-refractivity contribution < 1.29 is 4.39 Å². The Kier molecular flexibility index (Phi) is 3.40. The van der Waals surface area contributed by atoms with Gasteiger partial charge in [-0.25, -0.2) is 4.39 Å². The summed E-state index contributed by atoms with van der Waals surface area (Å²) in [5, 5.41) is 13.9. The summed E-state index contributed by atoms with van der Waals surface area (Å²) in [5.74, 6) is -0.394. The molecule has 0 aliphatic rings. The molecule has 0 saturated heterocycles. The highest BCUT2D eigenvalue weighted by atomic mass is 32.1. The molecule has 0 fully saturated rings. The summed E-state index contributed by atoms with van der Waals surface area (Å²) in [5.41, 5.74) is 2.18. The van der Waals surface area contributed by atoms with Crippen molar-refractivity contribution in [3.8, 4) is 6.07 Å². The van der Waals surface area contributed by atoms with E-state index in [0.717, 1.165) is 0 Å². The Morgan fingerprint density at radius 3 is 2.88 bits per heavy atom. The maximum absolute atomic E-state index is 13.2. The number of benzene rings is 1. The summed E-state index contributed by atoms with van der Waals surface area (Å²) in [6, 6.07) is 8.25. The summed E-state index contributed by atoms with van der Waals surface area (Å²) >= 11 is 1.66. The van der Waals surface area contributed by atoms with E-state index in [0.29, 0.717) is 17.8 Å². The highest BCUT2D eigenvalue weighted by molar-refractivity contribution is 7.10. The molecule has 0 radical (unpaired) electrons. The van der Waals surface area contributed by atoms with Crippen molar-refractivity contribution >= 4 is 17.0 Å². The Morgan fingerprint density at radius 1 is 1.41 bits per heavy atom. The summed E-state index contributed by atoms with van der Waals surface area (Å²) in [6.45, 7) is 2.69. The largest absolute Gasteiger partial charge is 0.380 e. The Morgan fingerprint density at radius 2 is 2.24 bits per heavy atom. The zero-order valence-electron chi connectivity index (χ0n) is 9.33. The number of halogens is 1. The molecule has 17 heavy (non-hydrogen) atoms. The minimum Gasteiger partial charge on any atom is -0.380 e. The van der Waals surface area contributed by atoms with E-state index in [-0.39, 0.29) is 0 Å². The van der Waals surface area contributed by atoms with E-state index >= 15 is 0 Å². The molecular weight excluding hydrogens is 235 g/mol. The molecular formula is C13H11FN2S. The molecule has 2 nitrogen and oxygen atoms in total. The second-order valence-corrected chi connectivity index (χ2v) is 4.72. The molecule has 1 aromatic heterocycles. The second-order valence-electron chi connectivity index (χ2n) is 3.72. The van der Waals surface area contributed by atoms with Crippen LogP contribution in [0.1, 0.15) is 16.0 Å². The molecule has 2 aromatic rings. The van der Waals surface area contributed by atoms with Crippen molar-refractivity contribution in [1.29, 1.82) is 5.26 Å². The minimum absolute atomic E-state index is 0.329. The molecule has 0 spiro atoms. The maximum Gasteiger partial charge on any atom is 0.126 e. The molecule has 0 unspecified atom stereocenters. The number of aryl methyl sites for hydroxylation is 1. The number of nitriles is 1. The quantitative estimate of drug-likeness (QED) is 0.896. The average Bonchev–Trinajstić information content (AvgIpc) is 2.71. The predicted molar refractivity (Wildman–Crippen MR) is 67.5 cm³/mol. The highest BCUT2D eigenvalue weighted by Crippen LogP contribution is 2.19. The fourth-order valence-electron chi connectivity index (χ4n) is 1.52. The lowest BCUT2D eigenvalue weighted by Crippen LogP contribution is -1.99. The third-order valence-corrected chi connectivity index (χ3v) is 3.47. The van der Waals surface area contributed by atoms with Gasteiger partial charge in [0, 0.05) is 17.1 Å². The van der Waals surface area contributed by atoms with Gasteiger partial charge in [-0.3, -0.25) is 0 Å². The second kappa shape index (κ2) is 4.98. The zero-order valence-corrected chi connectivity index (χ0v) is 10.1. The molecule has 0 bridgehead atoms. The van der Waals surface area contributed by atoms with Crippen LogP contribution in [0.3, 0.4) is 0 Å². The van der Waals surface area contributed by atoms with Gasteiger partial charge < -0.3 is 5.32 Å². The molecule has 1 N–H and O–H groups in total. The van der Waals surface area contributed by atoms with Crippen LogP contribution >= 0.6 is 11.3 Å². The number of anilines is 1. The fraction of sp³-hybridized carbons (Fsp3) is 0.154. The smallest absolute Gasteiger partial charge is 0.126 e. The van der Waals surface area contributed by atoms with Crippen LogP contribution in [0, 0.1) is 24.1 Å². The van der Waals surface area contributed by atoms with Gasteiger partial charge in [0.25, 0.3) is 0 Å². The van der Waals surface area contributed by atoms with Gasteiger partial charge in [0.2, 0.25) is 0 Å². The van der Waals surface area contributed by atoms with Crippen LogP contribution in [-0.4, -0.2) is 0 Å². The maximum atomic E-state index is 13.2. The molecule has 1 heterocycles. The third kappa shape index (κ3) is 2.83. The number of thiophene rings is 1. The van der Waals surface area contributed by atoms with E-state index in [9.17, 15) is 4.39 Å². The molecule has 4 heteroatoms. The Labute approximate surface area is 103 Å². The van der Waals surface area contributed by atoms with E-state index < -0.39 is 5.82 Å². The number of nitrogens with one attached hydrogen (secondary N) is 1. The molecule has 0 aliphatic carbocycles. The van der Waals surface area contributed by atoms with Gasteiger partial charge >= 0.3 is 0 Å². The van der Waals surface area contributed by atoms with Crippen molar-refractivity contribution in [2.24, 2.45) is 0 Å². The van der Waals surface area contributed by atoms with E-state index in [4.69, 9.17) is 5.26 Å². The van der Waals surface area contributed by atoms with Crippen LogP contribution in [0.15, 0.2) is 29.6 Å². The fourth-order valence-corrected chi connectivity index (χ4v) is 2.37. The van der Waals surface area contributed by atoms with Gasteiger partial charge in [-0.2, -0.15) is 5.26 Å². The van der Waals surface area contributed by atoms with Gasteiger partial charge in [0.05, 0.1) is 11.6 Å². The lowest BCUT2D eigenvalue weighted by atomic mass is 10.2. The van der Waals surface area contributed by atoms with Crippen molar-refractivity contribution in [2.75, 3.05) is 5.32 Å². The van der Waals surface area contributed by atoms with E-state index in [1.54, 1.807) is 17.4 Å². The average molecular weight is 246 g/mol. The van der Waals surface area contributed by atoms with Gasteiger partial charge in [-0.15, -0.1) is 11.3 Å². The van der Waals surface area contributed by atoms with Crippen LogP contribution in [0.4, 0.5) is 10.1 Å². The molecule has 0 atom stereocenters. The molecule has 0 saturated carbocycles. The van der Waals surface area contributed by atoms with Crippen molar-refractivity contribution in [1.82, 2.24) is 0 Å².